The van der Waals surface area contributed by atoms with E-state index in [2.05, 4.69) is 0 Å². The number of carbonyl (C=O) groups is 3. The quantitative estimate of drug-likeness (QED) is 0.386. The van der Waals surface area contributed by atoms with Gasteiger partial charge in [-0.05, 0) is 37.3 Å². The molecule has 2 saturated heterocycles. The highest BCUT2D eigenvalue weighted by molar-refractivity contribution is 5.98. The van der Waals surface area contributed by atoms with Crippen LogP contribution >= 0.6 is 0 Å². The lowest BCUT2D eigenvalue weighted by atomic mass is 9.84. The van der Waals surface area contributed by atoms with Crippen LogP contribution in [0.1, 0.15) is 49.4 Å². The molecule has 3 fully saturated rings. The molecule has 3 unspecified atom stereocenters. The van der Waals surface area contributed by atoms with Crippen LogP contribution in [0.5, 0.6) is 0 Å². The lowest BCUT2D eigenvalue weighted by Gasteiger charge is -2.35. The van der Waals surface area contributed by atoms with Crippen LogP contribution in [0.2, 0.25) is 0 Å². The van der Waals surface area contributed by atoms with Gasteiger partial charge in [-0.15, -0.1) is 0 Å². The molecule has 1 aromatic rings. The summed E-state index contributed by atoms with van der Waals surface area (Å²) in [6.45, 7) is 3.45. The van der Waals surface area contributed by atoms with Gasteiger partial charge in [0.25, 0.3) is 11.6 Å². The molecule has 33 heavy (non-hydrogen) atoms. The van der Waals surface area contributed by atoms with Gasteiger partial charge in [-0.25, -0.2) is 4.79 Å². The molecule has 10 heteroatoms. The minimum atomic E-state index is -0.658. The fourth-order valence-electron chi connectivity index (χ4n) is 5.58. The van der Waals surface area contributed by atoms with Crippen molar-refractivity contribution in [2.45, 2.75) is 51.1 Å². The van der Waals surface area contributed by atoms with Crippen molar-refractivity contribution in [2.24, 2.45) is 5.92 Å². The number of rotatable bonds is 4. The molecule has 178 valence electrons. The summed E-state index contributed by atoms with van der Waals surface area (Å²) < 4.78 is 4.97. The highest BCUT2D eigenvalue weighted by atomic mass is 16.6. The maximum absolute atomic E-state index is 13.6. The number of benzene rings is 1. The normalized spacial score (nSPS) is 24.9. The van der Waals surface area contributed by atoms with Crippen LogP contribution < -0.4 is 4.90 Å². The van der Waals surface area contributed by atoms with Crippen LogP contribution in [0, 0.1) is 16.0 Å². The lowest BCUT2D eigenvalue weighted by Crippen LogP contribution is -2.48. The predicted molar refractivity (Wildman–Crippen MR) is 120 cm³/mol. The number of hydrogen-bond acceptors (Lipinski definition) is 7. The molecule has 2 aliphatic heterocycles. The Morgan fingerprint density at radius 1 is 1.09 bits per heavy atom. The number of nitro groups is 1. The highest BCUT2D eigenvalue weighted by Gasteiger charge is 2.48. The largest absolute Gasteiger partial charge is 0.467 e. The SMILES string of the molecule is COC(=O)C1CC2CCCCC2N1C(=O)c1ccc(N2CCN(C(C)=O)CC2)c([N+](=O)[O-])c1. The Kier molecular flexibility index (Phi) is 6.53. The summed E-state index contributed by atoms with van der Waals surface area (Å²) in [7, 11) is 1.32. The van der Waals surface area contributed by atoms with Gasteiger partial charge in [-0.1, -0.05) is 12.8 Å². The monoisotopic (exact) mass is 458 g/mol. The number of likely N-dealkylation sites (tertiary alicyclic amines) is 1. The second kappa shape index (κ2) is 9.36. The van der Waals surface area contributed by atoms with Crippen molar-refractivity contribution in [3.63, 3.8) is 0 Å². The minimum Gasteiger partial charge on any atom is -0.467 e. The molecule has 0 radical (unpaired) electrons. The molecule has 2 heterocycles. The van der Waals surface area contributed by atoms with E-state index in [9.17, 15) is 24.5 Å². The Bertz CT molecular complexity index is 958. The number of carbonyl (C=O) groups excluding carboxylic acids is 3. The van der Waals surface area contributed by atoms with Gasteiger partial charge in [0.2, 0.25) is 5.91 Å². The molecule has 0 aromatic heterocycles. The third-order valence-electron chi connectivity index (χ3n) is 7.28. The van der Waals surface area contributed by atoms with Crippen molar-refractivity contribution in [2.75, 3.05) is 38.2 Å². The summed E-state index contributed by atoms with van der Waals surface area (Å²) in [5.74, 6) is -0.571. The third-order valence-corrected chi connectivity index (χ3v) is 7.28. The lowest BCUT2D eigenvalue weighted by molar-refractivity contribution is -0.384. The average molecular weight is 459 g/mol. The van der Waals surface area contributed by atoms with Crippen molar-refractivity contribution in [1.82, 2.24) is 9.80 Å². The van der Waals surface area contributed by atoms with E-state index in [0.29, 0.717) is 38.3 Å². The Balaban J connectivity index is 1.61. The van der Waals surface area contributed by atoms with Gasteiger partial charge in [0.15, 0.2) is 0 Å². The fraction of sp³-hybridized carbons (Fsp3) is 0.609. The first kappa shape index (κ1) is 23.0. The number of hydrogen-bond donors (Lipinski definition) is 0. The number of fused-ring (bicyclic) bond motifs is 1. The van der Waals surface area contributed by atoms with Gasteiger partial charge in [0.1, 0.15) is 11.7 Å². The number of piperazine rings is 1. The average Bonchev–Trinajstić information content (AvgIpc) is 3.22. The summed E-state index contributed by atoms with van der Waals surface area (Å²) >= 11 is 0. The van der Waals surface area contributed by atoms with Gasteiger partial charge in [0, 0.05) is 50.8 Å². The van der Waals surface area contributed by atoms with Crippen molar-refractivity contribution in [3.05, 3.63) is 33.9 Å². The minimum absolute atomic E-state index is 0.0168. The van der Waals surface area contributed by atoms with Crippen LogP contribution in [0.15, 0.2) is 18.2 Å². The second-order valence-electron chi connectivity index (χ2n) is 9.05. The Labute approximate surface area is 192 Å². The number of esters is 1. The molecule has 3 atom stereocenters. The van der Waals surface area contributed by atoms with Crippen molar-refractivity contribution >= 4 is 29.2 Å². The fourth-order valence-corrected chi connectivity index (χ4v) is 5.58. The van der Waals surface area contributed by atoms with E-state index in [0.717, 1.165) is 25.7 Å². The molecule has 1 aliphatic carbocycles. The summed E-state index contributed by atoms with van der Waals surface area (Å²) in [4.78, 5) is 54.2. The maximum Gasteiger partial charge on any atom is 0.328 e. The number of nitrogens with zero attached hydrogens (tertiary/aromatic N) is 4. The van der Waals surface area contributed by atoms with E-state index in [1.165, 1.54) is 20.1 Å². The standard InChI is InChI=1S/C23H30N4O6/c1-15(28)24-9-11-25(12-10-24)19-8-7-17(14-20(19)27(31)32)22(29)26-18-6-4-3-5-16(18)13-21(26)23(30)33-2/h7-8,14,16,18,21H,3-6,9-13H2,1-2H3. The van der Waals surface area contributed by atoms with E-state index < -0.39 is 16.9 Å². The van der Waals surface area contributed by atoms with E-state index in [-0.39, 0.29) is 35.0 Å². The molecule has 2 amide bonds. The molecular formula is C23H30N4O6. The summed E-state index contributed by atoms with van der Waals surface area (Å²) in [6.07, 6.45) is 4.43. The molecule has 0 spiro atoms. The van der Waals surface area contributed by atoms with Crippen LogP contribution in [0.4, 0.5) is 11.4 Å². The third kappa shape index (κ3) is 4.38. The van der Waals surface area contributed by atoms with Gasteiger partial charge in [-0.3, -0.25) is 19.7 Å². The molecule has 1 aromatic carbocycles. The number of amides is 2. The number of ether oxygens (including phenoxy) is 1. The molecule has 0 bridgehead atoms. The van der Waals surface area contributed by atoms with E-state index >= 15 is 0 Å². The van der Waals surface area contributed by atoms with Crippen molar-refractivity contribution < 1.29 is 24.0 Å². The summed E-state index contributed by atoms with van der Waals surface area (Å²) in [5.41, 5.74) is 0.486. The zero-order valence-electron chi connectivity index (χ0n) is 19.1. The topological polar surface area (TPSA) is 113 Å². The molecular weight excluding hydrogens is 428 g/mol. The van der Waals surface area contributed by atoms with E-state index in [1.807, 2.05) is 4.90 Å². The molecule has 4 rings (SSSR count). The summed E-state index contributed by atoms with van der Waals surface area (Å²) in [6, 6.07) is 3.82. The molecule has 0 N–H and O–H groups in total. The van der Waals surface area contributed by atoms with Crippen LogP contribution in [0.25, 0.3) is 0 Å². The van der Waals surface area contributed by atoms with Crippen LogP contribution in [0.3, 0.4) is 0 Å². The van der Waals surface area contributed by atoms with Crippen LogP contribution in [-0.2, 0) is 14.3 Å². The maximum atomic E-state index is 13.6. The zero-order valence-corrected chi connectivity index (χ0v) is 19.1. The van der Waals surface area contributed by atoms with Crippen molar-refractivity contribution in [1.29, 1.82) is 0 Å². The molecule has 10 nitrogen and oxygen atoms in total. The number of methoxy groups -OCH3 is 1. The van der Waals surface area contributed by atoms with Gasteiger partial charge < -0.3 is 19.4 Å². The Hall–Kier alpha value is -3.17. The first-order valence-electron chi connectivity index (χ1n) is 11.5. The van der Waals surface area contributed by atoms with Crippen LogP contribution in [-0.4, -0.2) is 77.9 Å². The smallest absolute Gasteiger partial charge is 0.328 e. The van der Waals surface area contributed by atoms with E-state index in [4.69, 9.17) is 4.74 Å². The zero-order chi connectivity index (χ0) is 23.7. The Morgan fingerprint density at radius 2 is 1.79 bits per heavy atom. The first-order valence-corrected chi connectivity index (χ1v) is 11.5. The molecule has 1 saturated carbocycles. The molecule has 3 aliphatic rings. The predicted octanol–water partition coefficient (Wildman–Crippen LogP) is 2.21. The van der Waals surface area contributed by atoms with Crippen molar-refractivity contribution in [3.8, 4) is 0 Å². The van der Waals surface area contributed by atoms with E-state index in [1.54, 1.807) is 21.9 Å². The first-order chi connectivity index (χ1) is 15.8. The Morgan fingerprint density at radius 3 is 2.42 bits per heavy atom. The number of nitro benzene ring substituents is 1. The van der Waals surface area contributed by atoms with Gasteiger partial charge in [-0.2, -0.15) is 0 Å². The van der Waals surface area contributed by atoms with Gasteiger partial charge in [0.05, 0.1) is 12.0 Å². The summed E-state index contributed by atoms with van der Waals surface area (Å²) in [5, 5.41) is 11.9. The highest BCUT2D eigenvalue weighted by Crippen LogP contribution is 2.41. The second-order valence-corrected chi connectivity index (χ2v) is 9.05. The number of anilines is 1. The van der Waals surface area contributed by atoms with Gasteiger partial charge >= 0.3 is 5.97 Å².